The molecule has 6 nitrogen and oxygen atoms in total. The van der Waals surface area contributed by atoms with Crippen molar-refractivity contribution in [1.29, 1.82) is 0 Å². The van der Waals surface area contributed by atoms with E-state index in [2.05, 4.69) is 17.3 Å². The molecule has 1 aliphatic rings. The quantitative estimate of drug-likeness (QED) is 0.554. The van der Waals surface area contributed by atoms with Gasteiger partial charge in [0.1, 0.15) is 0 Å². The summed E-state index contributed by atoms with van der Waals surface area (Å²) in [6, 6.07) is -0.821. The Morgan fingerprint density at radius 2 is 2.00 bits per heavy atom. The Balaban J connectivity index is 2.21. The zero-order chi connectivity index (χ0) is 12.8. The molecule has 1 unspecified atom stereocenters. The van der Waals surface area contributed by atoms with Crippen molar-refractivity contribution in [1.82, 2.24) is 10.2 Å². The first-order valence-corrected chi connectivity index (χ1v) is 5.99. The Morgan fingerprint density at radius 3 is 2.53 bits per heavy atom. The summed E-state index contributed by atoms with van der Waals surface area (Å²) >= 11 is 0. The number of piperidine rings is 1. The molecule has 1 rings (SSSR count). The van der Waals surface area contributed by atoms with Gasteiger partial charge in [0.05, 0.1) is 12.5 Å². The van der Waals surface area contributed by atoms with Crippen molar-refractivity contribution in [2.24, 2.45) is 17.4 Å². The van der Waals surface area contributed by atoms with Crippen LogP contribution in [0.1, 0.15) is 19.3 Å². The summed E-state index contributed by atoms with van der Waals surface area (Å²) in [5, 5.41) is 2.78. The van der Waals surface area contributed by atoms with Crippen molar-refractivity contribution in [3.8, 4) is 0 Å². The molecule has 2 amide bonds. The number of hydrogen-bond acceptors (Lipinski definition) is 4. The predicted octanol–water partition coefficient (Wildman–Crippen LogP) is -1.35. The van der Waals surface area contributed by atoms with Gasteiger partial charge in [0.25, 0.3) is 0 Å². The molecule has 0 aliphatic carbocycles. The number of carbonyl (C=O) groups is 2. The van der Waals surface area contributed by atoms with Gasteiger partial charge in [-0.2, -0.15) is 0 Å². The second-order valence-electron chi connectivity index (χ2n) is 4.77. The molecule has 1 fully saturated rings. The fourth-order valence-corrected chi connectivity index (χ4v) is 1.95. The Labute approximate surface area is 102 Å². The number of amides is 2. The maximum atomic E-state index is 11.5. The number of rotatable bonds is 5. The first-order valence-electron chi connectivity index (χ1n) is 5.99. The van der Waals surface area contributed by atoms with Gasteiger partial charge in [-0.25, -0.2) is 0 Å². The number of carbonyl (C=O) groups excluding carboxylic acids is 2. The third-order valence-corrected chi connectivity index (χ3v) is 3.16. The molecule has 0 saturated carbocycles. The fraction of sp³-hybridized carbons (Fsp3) is 0.818. The Bertz CT molecular complexity index is 275. The van der Waals surface area contributed by atoms with Crippen LogP contribution in [-0.4, -0.2) is 49.4 Å². The van der Waals surface area contributed by atoms with Gasteiger partial charge in [-0.05, 0) is 38.9 Å². The van der Waals surface area contributed by atoms with Crippen molar-refractivity contribution in [2.75, 3.05) is 26.7 Å². The maximum Gasteiger partial charge on any atom is 0.237 e. The molecule has 98 valence electrons. The SMILES string of the molecule is CN1CCC(CNC(=O)C(N)CC(N)=O)CC1. The zero-order valence-corrected chi connectivity index (χ0v) is 10.3. The normalized spacial score (nSPS) is 19.9. The van der Waals surface area contributed by atoms with Gasteiger partial charge in [-0.15, -0.1) is 0 Å². The molecule has 5 N–H and O–H groups in total. The predicted molar refractivity (Wildman–Crippen MR) is 65.0 cm³/mol. The van der Waals surface area contributed by atoms with E-state index in [1.165, 1.54) is 0 Å². The minimum Gasteiger partial charge on any atom is -0.370 e. The molecule has 0 aromatic carbocycles. The number of nitrogens with zero attached hydrogens (tertiary/aromatic N) is 1. The molecular formula is C11H22N4O2. The highest BCUT2D eigenvalue weighted by Gasteiger charge is 2.20. The van der Waals surface area contributed by atoms with Gasteiger partial charge >= 0.3 is 0 Å². The van der Waals surface area contributed by atoms with E-state index in [9.17, 15) is 9.59 Å². The average molecular weight is 242 g/mol. The fourth-order valence-electron chi connectivity index (χ4n) is 1.95. The smallest absolute Gasteiger partial charge is 0.237 e. The summed E-state index contributed by atoms with van der Waals surface area (Å²) in [7, 11) is 2.09. The van der Waals surface area contributed by atoms with Crippen LogP contribution in [-0.2, 0) is 9.59 Å². The highest BCUT2D eigenvalue weighted by molar-refractivity contribution is 5.87. The molecule has 6 heteroatoms. The van der Waals surface area contributed by atoms with E-state index in [4.69, 9.17) is 11.5 Å². The third-order valence-electron chi connectivity index (χ3n) is 3.16. The molecule has 0 aromatic heterocycles. The first kappa shape index (κ1) is 13.9. The lowest BCUT2D eigenvalue weighted by atomic mass is 9.97. The molecule has 0 spiro atoms. The van der Waals surface area contributed by atoms with E-state index < -0.39 is 11.9 Å². The van der Waals surface area contributed by atoms with E-state index >= 15 is 0 Å². The Kier molecular flexibility index (Phi) is 5.37. The maximum absolute atomic E-state index is 11.5. The molecular weight excluding hydrogens is 220 g/mol. The van der Waals surface area contributed by atoms with E-state index in [0.717, 1.165) is 25.9 Å². The number of likely N-dealkylation sites (tertiary alicyclic amines) is 1. The number of nitrogens with one attached hydrogen (secondary N) is 1. The van der Waals surface area contributed by atoms with Gasteiger partial charge < -0.3 is 21.7 Å². The lowest BCUT2D eigenvalue weighted by molar-refractivity contribution is -0.126. The summed E-state index contributed by atoms with van der Waals surface area (Å²) in [5.41, 5.74) is 10.5. The van der Waals surface area contributed by atoms with E-state index in [-0.39, 0.29) is 12.3 Å². The minimum atomic E-state index is -0.821. The van der Waals surface area contributed by atoms with Crippen LogP contribution in [0.5, 0.6) is 0 Å². The van der Waals surface area contributed by atoms with Crippen LogP contribution in [0.3, 0.4) is 0 Å². The minimum absolute atomic E-state index is 0.0980. The molecule has 1 aliphatic heterocycles. The van der Waals surface area contributed by atoms with Crippen molar-refractivity contribution >= 4 is 11.8 Å². The van der Waals surface area contributed by atoms with Crippen LogP contribution in [0.15, 0.2) is 0 Å². The van der Waals surface area contributed by atoms with E-state index in [0.29, 0.717) is 12.5 Å². The molecule has 1 atom stereocenters. The van der Waals surface area contributed by atoms with Crippen molar-refractivity contribution in [2.45, 2.75) is 25.3 Å². The third kappa shape index (κ3) is 5.14. The van der Waals surface area contributed by atoms with E-state index in [1.54, 1.807) is 0 Å². The zero-order valence-electron chi connectivity index (χ0n) is 10.3. The number of hydrogen-bond donors (Lipinski definition) is 3. The largest absolute Gasteiger partial charge is 0.370 e. The first-order chi connectivity index (χ1) is 7.99. The summed E-state index contributed by atoms with van der Waals surface area (Å²) in [6.45, 7) is 2.76. The van der Waals surface area contributed by atoms with Crippen molar-refractivity contribution in [3.05, 3.63) is 0 Å². The number of primary amides is 1. The van der Waals surface area contributed by atoms with Crippen LogP contribution in [0.4, 0.5) is 0 Å². The van der Waals surface area contributed by atoms with Crippen LogP contribution >= 0.6 is 0 Å². The van der Waals surface area contributed by atoms with Gasteiger partial charge in [-0.3, -0.25) is 9.59 Å². The van der Waals surface area contributed by atoms with Gasteiger partial charge in [0.15, 0.2) is 0 Å². The Morgan fingerprint density at radius 1 is 1.41 bits per heavy atom. The summed E-state index contributed by atoms with van der Waals surface area (Å²) in [5.74, 6) is -0.328. The van der Waals surface area contributed by atoms with Crippen LogP contribution in [0.25, 0.3) is 0 Å². The lowest BCUT2D eigenvalue weighted by Crippen LogP contribution is -2.45. The van der Waals surface area contributed by atoms with Crippen LogP contribution < -0.4 is 16.8 Å². The van der Waals surface area contributed by atoms with Crippen molar-refractivity contribution < 1.29 is 9.59 Å². The van der Waals surface area contributed by atoms with Gasteiger partial charge in [0, 0.05) is 6.54 Å². The molecule has 0 aromatic rings. The van der Waals surface area contributed by atoms with Crippen LogP contribution in [0, 0.1) is 5.92 Å². The second kappa shape index (κ2) is 6.56. The molecule has 1 heterocycles. The molecule has 17 heavy (non-hydrogen) atoms. The van der Waals surface area contributed by atoms with E-state index in [1.807, 2.05) is 0 Å². The van der Waals surface area contributed by atoms with Gasteiger partial charge in [0.2, 0.25) is 11.8 Å². The highest BCUT2D eigenvalue weighted by Crippen LogP contribution is 2.14. The molecule has 1 saturated heterocycles. The number of nitrogens with two attached hydrogens (primary N) is 2. The second-order valence-corrected chi connectivity index (χ2v) is 4.77. The average Bonchev–Trinajstić information content (AvgIpc) is 2.27. The van der Waals surface area contributed by atoms with Crippen molar-refractivity contribution in [3.63, 3.8) is 0 Å². The summed E-state index contributed by atoms with van der Waals surface area (Å²) < 4.78 is 0. The summed E-state index contributed by atoms with van der Waals surface area (Å²) in [6.07, 6.45) is 2.07. The van der Waals surface area contributed by atoms with Gasteiger partial charge in [-0.1, -0.05) is 0 Å². The summed E-state index contributed by atoms with van der Waals surface area (Å²) in [4.78, 5) is 24.4. The Hall–Kier alpha value is -1.14. The highest BCUT2D eigenvalue weighted by atomic mass is 16.2. The lowest BCUT2D eigenvalue weighted by Gasteiger charge is -2.29. The molecule has 0 bridgehead atoms. The monoisotopic (exact) mass is 242 g/mol. The standard InChI is InChI=1S/C11H22N4O2/c1-15-4-2-8(3-5-15)7-14-11(17)9(12)6-10(13)16/h8-9H,2-7,12H2,1H3,(H2,13,16)(H,14,17). The molecule has 0 radical (unpaired) electrons. The topological polar surface area (TPSA) is 101 Å². The van der Waals surface area contributed by atoms with Crippen LogP contribution in [0.2, 0.25) is 0 Å².